The smallest absolute Gasteiger partial charge is 0.223 e. The third-order valence-electron chi connectivity index (χ3n) is 4.83. The molecule has 1 aliphatic rings. The Kier molecular flexibility index (Phi) is 7.09. The molecular weight excluding hydrogens is 308 g/mol. The van der Waals surface area contributed by atoms with E-state index in [1.807, 2.05) is 0 Å². The molecule has 1 unspecified atom stereocenters. The topological polar surface area (TPSA) is 55.1 Å². The van der Waals surface area contributed by atoms with Gasteiger partial charge in [-0.05, 0) is 43.2 Å². The highest BCUT2D eigenvalue weighted by atomic mass is 35.5. The van der Waals surface area contributed by atoms with Gasteiger partial charge in [0.2, 0.25) is 5.91 Å². The van der Waals surface area contributed by atoms with Crippen LogP contribution in [-0.4, -0.2) is 12.5 Å². The van der Waals surface area contributed by atoms with Crippen LogP contribution < -0.4 is 11.1 Å². The second-order valence-electron chi connectivity index (χ2n) is 7.75. The average molecular weight is 339 g/mol. The summed E-state index contributed by atoms with van der Waals surface area (Å²) in [5, 5.41) is 3.31. The fourth-order valence-corrected chi connectivity index (χ4v) is 3.56. The number of hydrogen-bond acceptors (Lipinski definition) is 2. The number of nitrogens with two attached hydrogens (primary N) is 1. The summed E-state index contributed by atoms with van der Waals surface area (Å²) in [5.74, 6) is 0.604. The first kappa shape index (κ1) is 20.0. The van der Waals surface area contributed by atoms with Crippen molar-refractivity contribution in [2.45, 2.75) is 53.0 Å². The maximum absolute atomic E-state index is 12.8. The third-order valence-corrected chi connectivity index (χ3v) is 4.83. The maximum atomic E-state index is 12.8. The van der Waals surface area contributed by atoms with Crippen LogP contribution in [0.5, 0.6) is 0 Å². The van der Waals surface area contributed by atoms with E-state index < -0.39 is 0 Å². The van der Waals surface area contributed by atoms with E-state index in [2.05, 4.69) is 57.3 Å². The molecule has 0 aromatic heterocycles. The molecular formula is C19H31ClN2O. The lowest BCUT2D eigenvalue weighted by Gasteiger charge is -2.33. The van der Waals surface area contributed by atoms with Crippen LogP contribution in [0.15, 0.2) is 24.3 Å². The van der Waals surface area contributed by atoms with Gasteiger partial charge >= 0.3 is 0 Å². The molecule has 4 heteroatoms. The Labute approximate surface area is 146 Å². The predicted molar refractivity (Wildman–Crippen MR) is 98.7 cm³/mol. The molecule has 1 aromatic carbocycles. The molecule has 3 nitrogen and oxygen atoms in total. The number of carbonyl (C=O) groups is 1. The van der Waals surface area contributed by atoms with Gasteiger partial charge in [0.25, 0.3) is 0 Å². The quantitative estimate of drug-likeness (QED) is 0.872. The monoisotopic (exact) mass is 338 g/mol. The van der Waals surface area contributed by atoms with E-state index in [0.29, 0.717) is 12.5 Å². The number of amides is 1. The summed E-state index contributed by atoms with van der Waals surface area (Å²) in [6, 6.07) is 8.46. The van der Waals surface area contributed by atoms with Crippen LogP contribution in [0.1, 0.15) is 57.2 Å². The summed E-state index contributed by atoms with van der Waals surface area (Å²) in [7, 11) is 0. The number of rotatable bonds is 4. The lowest BCUT2D eigenvalue weighted by Crippen LogP contribution is -2.41. The average Bonchev–Trinajstić information content (AvgIpc) is 2.91. The van der Waals surface area contributed by atoms with Crippen molar-refractivity contribution >= 4 is 18.3 Å². The van der Waals surface area contributed by atoms with Gasteiger partial charge < -0.3 is 11.1 Å². The summed E-state index contributed by atoms with van der Waals surface area (Å²) < 4.78 is 0. The molecule has 1 aromatic rings. The Morgan fingerprint density at radius 3 is 2.61 bits per heavy atom. The molecule has 0 aliphatic heterocycles. The normalized spacial score (nSPS) is 22.3. The molecule has 0 saturated heterocycles. The van der Waals surface area contributed by atoms with Crippen LogP contribution in [-0.2, 0) is 4.79 Å². The van der Waals surface area contributed by atoms with Crippen LogP contribution in [0.4, 0.5) is 0 Å². The van der Waals surface area contributed by atoms with Crippen LogP contribution in [0.25, 0.3) is 0 Å². The van der Waals surface area contributed by atoms with E-state index in [0.717, 1.165) is 19.3 Å². The van der Waals surface area contributed by atoms with E-state index in [4.69, 9.17) is 5.73 Å². The highest BCUT2D eigenvalue weighted by Crippen LogP contribution is 2.36. The molecule has 3 N–H and O–H groups in total. The Bertz CT molecular complexity index is 524. The first-order chi connectivity index (χ1) is 10.3. The van der Waals surface area contributed by atoms with Gasteiger partial charge in [-0.1, -0.05) is 57.0 Å². The number of aryl methyl sites for hydroxylation is 1. The van der Waals surface area contributed by atoms with Gasteiger partial charge in [-0.2, -0.15) is 0 Å². The first-order valence-electron chi connectivity index (χ1n) is 8.40. The van der Waals surface area contributed by atoms with Crippen molar-refractivity contribution in [2.75, 3.05) is 6.54 Å². The molecule has 3 atom stereocenters. The second kappa shape index (κ2) is 8.16. The minimum Gasteiger partial charge on any atom is -0.349 e. The van der Waals surface area contributed by atoms with Crippen LogP contribution in [0.2, 0.25) is 0 Å². The first-order valence-corrected chi connectivity index (χ1v) is 8.40. The molecule has 1 aliphatic carbocycles. The number of halogens is 1. The second-order valence-corrected chi connectivity index (χ2v) is 7.75. The van der Waals surface area contributed by atoms with Gasteiger partial charge in [0, 0.05) is 5.92 Å². The van der Waals surface area contributed by atoms with Crippen LogP contribution >= 0.6 is 12.4 Å². The van der Waals surface area contributed by atoms with Gasteiger partial charge in [-0.25, -0.2) is 0 Å². The van der Waals surface area contributed by atoms with Crippen molar-refractivity contribution in [3.05, 3.63) is 35.4 Å². The molecule has 0 radical (unpaired) electrons. The third kappa shape index (κ3) is 4.95. The molecule has 0 bridgehead atoms. The maximum Gasteiger partial charge on any atom is 0.223 e. The molecule has 1 amide bonds. The van der Waals surface area contributed by atoms with E-state index >= 15 is 0 Å². The Morgan fingerprint density at radius 1 is 1.35 bits per heavy atom. The van der Waals surface area contributed by atoms with Crippen molar-refractivity contribution < 1.29 is 4.79 Å². The Balaban J connectivity index is 0.00000264. The van der Waals surface area contributed by atoms with Crippen molar-refractivity contribution in [2.24, 2.45) is 23.0 Å². The minimum atomic E-state index is -0.0275. The molecule has 1 fully saturated rings. The Hall–Kier alpha value is -1.06. The van der Waals surface area contributed by atoms with E-state index in [1.165, 1.54) is 11.1 Å². The number of nitrogens with one attached hydrogen (secondary N) is 1. The number of carbonyl (C=O) groups excluding carboxylic acids is 1. The zero-order valence-corrected chi connectivity index (χ0v) is 15.6. The molecule has 2 rings (SSSR count). The summed E-state index contributed by atoms with van der Waals surface area (Å²) in [6.07, 6.45) is 3.17. The number of benzene rings is 1. The minimum absolute atomic E-state index is 0. The summed E-state index contributed by atoms with van der Waals surface area (Å²) >= 11 is 0. The van der Waals surface area contributed by atoms with Crippen LogP contribution in [0, 0.1) is 24.2 Å². The zero-order valence-electron chi connectivity index (χ0n) is 14.8. The van der Waals surface area contributed by atoms with Gasteiger partial charge in [0.15, 0.2) is 0 Å². The summed E-state index contributed by atoms with van der Waals surface area (Å²) in [4.78, 5) is 12.8. The molecule has 0 heterocycles. The SMILES string of the molecule is Cc1cccc(C(NC(=O)[C@@H]2CCC[C@@H]2CN)C(C)(C)C)c1.Cl. The van der Waals surface area contributed by atoms with Crippen molar-refractivity contribution in [3.63, 3.8) is 0 Å². The number of hydrogen-bond donors (Lipinski definition) is 2. The van der Waals surface area contributed by atoms with Crippen molar-refractivity contribution in [1.82, 2.24) is 5.32 Å². The van der Waals surface area contributed by atoms with Gasteiger partial charge in [-0.15, -0.1) is 12.4 Å². The van der Waals surface area contributed by atoms with E-state index in [9.17, 15) is 4.79 Å². The van der Waals surface area contributed by atoms with E-state index in [-0.39, 0.29) is 35.7 Å². The van der Waals surface area contributed by atoms with Crippen LogP contribution in [0.3, 0.4) is 0 Å². The van der Waals surface area contributed by atoms with Crippen molar-refractivity contribution in [1.29, 1.82) is 0 Å². The highest BCUT2D eigenvalue weighted by molar-refractivity contribution is 5.85. The largest absolute Gasteiger partial charge is 0.349 e. The van der Waals surface area contributed by atoms with Gasteiger partial charge in [0.1, 0.15) is 0 Å². The zero-order chi connectivity index (χ0) is 16.3. The fourth-order valence-electron chi connectivity index (χ4n) is 3.56. The molecule has 1 saturated carbocycles. The molecule has 23 heavy (non-hydrogen) atoms. The van der Waals surface area contributed by atoms with E-state index in [1.54, 1.807) is 0 Å². The van der Waals surface area contributed by atoms with Crippen molar-refractivity contribution in [3.8, 4) is 0 Å². The lowest BCUT2D eigenvalue weighted by molar-refractivity contribution is -0.127. The fraction of sp³-hybridized carbons (Fsp3) is 0.632. The lowest BCUT2D eigenvalue weighted by atomic mass is 9.81. The van der Waals surface area contributed by atoms with Gasteiger partial charge in [-0.3, -0.25) is 4.79 Å². The Morgan fingerprint density at radius 2 is 2.04 bits per heavy atom. The summed E-state index contributed by atoms with van der Waals surface area (Å²) in [5.41, 5.74) is 8.21. The predicted octanol–water partition coefficient (Wildman–Crippen LogP) is 4.00. The molecule has 0 spiro atoms. The summed E-state index contributed by atoms with van der Waals surface area (Å²) in [6.45, 7) is 9.23. The molecule has 130 valence electrons. The van der Waals surface area contributed by atoms with Gasteiger partial charge in [0.05, 0.1) is 6.04 Å². The highest BCUT2D eigenvalue weighted by Gasteiger charge is 2.35. The standard InChI is InChI=1S/C19H30N2O.ClH/c1-13-7-5-8-14(11-13)17(19(2,3)4)21-18(22)16-10-6-9-15(16)12-20;/h5,7-8,11,15-17H,6,9-10,12,20H2,1-4H3,(H,21,22);1H/t15-,16-,17?;/m1./s1.